The van der Waals surface area contributed by atoms with Gasteiger partial charge in [-0.2, -0.15) is 0 Å². The molecule has 0 aromatic carbocycles. The molecule has 0 saturated heterocycles. The van der Waals surface area contributed by atoms with Gasteiger partial charge in [0.15, 0.2) is 0 Å². The fourth-order valence-corrected chi connectivity index (χ4v) is 14.0. The maximum absolute atomic E-state index is 2.34. The van der Waals surface area contributed by atoms with Gasteiger partial charge in [-0.1, -0.05) is 20.8 Å². The van der Waals surface area contributed by atoms with E-state index >= 15 is 0 Å². The molecule has 0 saturated carbocycles. The Hall–Kier alpha value is -0.880. The Morgan fingerprint density at radius 1 is 0.525 bits per heavy atom. The summed E-state index contributed by atoms with van der Waals surface area (Å²) in [6, 6.07) is 23.0. The molecule has 0 aliphatic carbocycles. The lowest BCUT2D eigenvalue weighted by atomic mass is 10.1. The Labute approximate surface area is 273 Å². The minimum Gasteiger partial charge on any atom is -0.134 e. The van der Waals surface area contributed by atoms with Crippen LogP contribution in [-0.4, -0.2) is 22.1 Å². The first-order chi connectivity index (χ1) is 19.6. The summed E-state index contributed by atoms with van der Waals surface area (Å²) in [7, 11) is 0. The Morgan fingerprint density at radius 3 is 1.45 bits per heavy atom. The fraction of sp³-hybridized carbons (Fsp3) is 0.194. The molecule has 5 aromatic heterocycles. The third-order valence-corrected chi connectivity index (χ3v) is 16.4. The number of thioether (sulfide) groups is 3. The predicted octanol–water partition coefficient (Wildman–Crippen LogP) is 12.3. The van der Waals surface area contributed by atoms with E-state index in [0.29, 0.717) is 0 Å². The van der Waals surface area contributed by atoms with Crippen LogP contribution in [-0.2, 0) is 11.4 Å². The maximum Gasteiger partial charge on any atom is 0.248 e. The summed E-state index contributed by atoms with van der Waals surface area (Å²) in [5.41, 5.74) is 1.36. The number of rotatable bonds is 11. The third kappa shape index (κ3) is 6.53. The monoisotopic (exact) mass is 687 g/mol. The van der Waals surface area contributed by atoms with Crippen LogP contribution in [0.15, 0.2) is 90.3 Å². The Balaban J connectivity index is 1.39. The molecule has 0 spiro atoms. The quantitative estimate of drug-likeness (QED) is 0.0770. The number of hydrogen-bond donors (Lipinski definition) is 0. The summed E-state index contributed by atoms with van der Waals surface area (Å²) in [5, 5.41) is 0. The molecule has 6 heterocycles. The zero-order valence-corrected chi connectivity index (χ0v) is 29.6. The lowest BCUT2D eigenvalue weighted by Gasteiger charge is -2.00. The lowest BCUT2D eigenvalue weighted by Crippen LogP contribution is -1.91. The highest BCUT2D eigenvalue weighted by Gasteiger charge is 2.29. The van der Waals surface area contributed by atoms with Gasteiger partial charge in [0.25, 0.3) is 0 Å². The molecule has 0 amide bonds. The molecule has 0 atom stereocenters. The Morgan fingerprint density at radius 2 is 0.950 bits per heavy atom. The van der Waals surface area contributed by atoms with Gasteiger partial charge < -0.3 is 0 Å². The van der Waals surface area contributed by atoms with Gasteiger partial charge in [0, 0.05) is 41.4 Å². The summed E-state index contributed by atoms with van der Waals surface area (Å²) in [6.45, 7) is 6.66. The van der Waals surface area contributed by atoms with E-state index in [1.165, 1.54) is 62.1 Å². The van der Waals surface area contributed by atoms with Crippen molar-refractivity contribution in [3.63, 3.8) is 0 Å². The van der Waals surface area contributed by atoms with Gasteiger partial charge >= 0.3 is 0 Å². The molecule has 0 unspecified atom stereocenters. The Bertz CT molecular complexity index is 1610. The molecule has 9 heteroatoms. The molecule has 1 aliphatic heterocycles. The minimum absolute atomic E-state index is 1.11. The van der Waals surface area contributed by atoms with Crippen LogP contribution in [0.3, 0.4) is 0 Å². The summed E-state index contributed by atoms with van der Waals surface area (Å²) in [5.74, 6) is 3.34. The molecule has 40 heavy (non-hydrogen) atoms. The molecule has 0 bridgehead atoms. The molecule has 1 aliphatic rings. The summed E-state index contributed by atoms with van der Waals surface area (Å²) < 4.78 is 4.20. The van der Waals surface area contributed by atoms with Crippen molar-refractivity contribution in [1.29, 1.82) is 0 Å². The van der Waals surface area contributed by atoms with Crippen LogP contribution in [0.4, 0.5) is 0 Å². The first-order valence-corrected chi connectivity index (χ1v) is 20.9. The van der Waals surface area contributed by atoms with Crippen LogP contribution in [0.2, 0.25) is 0 Å². The van der Waals surface area contributed by atoms with Gasteiger partial charge in [0.05, 0.1) is 23.1 Å². The fourth-order valence-electron chi connectivity index (χ4n) is 4.20. The van der Waals surface area contributed by atoms with Gasteiger partial charge in [-0.25, -0.2) is 0 Å². The van der Waals surface area contributed by atoms with Crippen molar-refractivity contribution < 1.29 is 0 Å². The van der Waals surface area contributed by atoms with Crippen molar-refractivity contribution in [3.05, 3.63) is 92.4 Å². The zero-order valence-electron chi connectivity index (χ0n) is 22.2. The van der Waals surface area contributed by atoms with Crippen LogP contribution in [0, 0.1) is 0 Å². The average molecular weight is 688 g/mol. The second kappa shape index (κ2) is 13.6. The van der Waals surface area contributed by atoms with Gasteiger partial charge in [-0.3, -0.25) is 0 Å². The number of hydrogen-bond acceptors (Lipinski definition) is 8. The van der Waals surface area contributed by atoms with E-state index in [9.17, 15) is 0 Å². The van der Waals surface area contributed by atoms with Crippen molar-refractivity contribution >= 4 is 114 Å². The molecule has 0 radical (unpaired) electrons. The predicted molar refractivity (Wildman–Crippen MR) is 195 cm³/mol. The molecule has 0 nitrogen and oxygen atoms in total. The highest BCUT2D eigenvalue weighted by molar-refractivity contribution is 8.01. The van der Waals surface area contributed by atoms with E-state index in [1.807, 2.05) is 103 Å². The molecular weight excluding hydrogens is 661 g/mol. The molecular formula is C31H27S9+. The Kier molecular flexibility index (Phi) is 9.94. The van der Waals surface area contributed by atoms with Crippen LogP contribution in [0.5, 0.6) is 0 Å². The van der Waals surface area contributed by atoms with Crippen LogP contribution in [0.25, 0.3) is 25.1 Å². The highest BCUT2D eigenvalue weighted by atomic mass is 32.2. The van der Waals surface area contributed by atoms with E-state index in [1.54, 1.807) is 0 Å². The molecule has 6 rings (SSSR count). The van der Waals surface area contributed by atoms with Crippen molar-refractivity contribution in [3.8, 4) is 19.5 Å². The van der Waals surface area contributed by atoms with Crippen molar-refractivity contribution in [2.24, 2.45) is 0 Å². The van der Waals surface area contributed by atoms with E-state index in [2.05, 4.69) is 93.6 Å². The SMILES string of the molecule is CCSc1ccc(C2=[S+]C(=C(c3ccc(-c4ccc(SCC)s4)s3)c3ccc(-c4ccc(SCC)s4)s3)C=C2)s1. The summed E-state index contributed by atoms with van der Waals surface area (Å²) >= 11 is 17.3. The van der Waals surface area contributed by atoms with Crippen LogP contribution in [0.1, 0.15) is 35.4 Å². The first-order valence-electron chi connectivity index (χ1n) is 13.0. The standard InChI is InChI=1S/C31H27S9/c1-4-32-28-16-13-22(38-28)19-7-10-25(35-19)31(26-11-8-20(36-26)23-14-17-29(39-23)33-5-2)27-12-9-21(37-27)24-15-18-30(40-24)34-6-3/h7-18H,4-6H2,1-3H3/q+1. The van der Waals surface area contributed by atoms with E-state index in [-0.39, 0.29) is 0 Å². The highest BCUT2D eigenvalue weighted by Crippen LogP contribution is 2.45. The third-order valence-electron chi connectivity index (χ3n) is 5.89. The van der Waals surface area contributed by atoms with Crippen molar-refractivity contribution in [2.45, 2.75) is 33.4 Å². The molecule has 204 valence electrons. The van der Waals surface area contributed by atoms with Crippen LogP contribution >= 0.6 is 92.0 Å². The largest absolute Gasteiger partial charge is 0.248 e. The first kappa shape index (κ1) is 29.2. The van der Waals surface area contributed by atoms with E-state index < -0.39 is 0 Å². The zero-order chi connectivity index (χ0) is 27.5. The number of thiophene rings is 5. The lowest BCUT2D eigenvalue weighted by molar-refractivity contribution is 1.51. The topological polar surface area (TPSA) is 0 Å². The second-order valence-corrected chi connectivity index (χ2v) is 19.7. The summed E-state index contributed by atoms with van der Waals surface area (Å²) in [4.78, 5) is 12.2. The maximum atomic E-state index is 2.34. The molecule has 0 fully saturated rings. The smallest absolute Gasteiger partial charge is 0.134 e. The van der Waals surface area contributed by atoms with Crippen LogP contribution < -0.4 is 0 Å². The second-order valence-electron chi connectivity index (χ2n) is 8.52. The van der Waals surface area contributed by atoms with Gasteiger partial charge in [0.2, 0.25) is 21.1 Å². The van der Waals surface area contributed by atoms with Crippen molar-refractivity contribution in [1.82, 2.24) is 0 Å². The molecule has 5 aromatic rings. The average Bonchev–Trinajstić information content (AvgIpc) is 3.78. The van der Waals surface area contributed by atoms with Gasteiger partial charge in [-0.05, 0) is 77.9 Å². The minimum atomic E-state index is 1.11. The van der Waals surface area contributed by atoms with E-state index in [4.69, 9.17) is 0 Å². The summed E-state index contributed by atoms with van der Waals surface area (Å²) in [6.07, 6.45) is 4.65. The van der Waals surface area contributed by atoms with Crippen molar-refractivity contribution in [2.75, 3.05) is 17.3 Å². The normalized spacial score (nSPS) is 13.0. The van der Waals surface area contributed by atoms with Gasteiger partial charge in [-0.15, -0.1) is 92.0 Å². The van der Waals surface area contributed by atoms with Gasteiger partial charge in [0.1, 0.15) is 0 Å². The molecule has 0 N–H and O–H groups in total. The van der Waals surface area contributed by atoms with E-state index in [0.717, 1.165) is 17.3 Å². The number of allylic oxidation sites excluding steroid dienone is 2.